The first-order valence-corrected chi connectivity index (χ1v) is 21.2. The van der Waals surface area contributed by atoms with Crippen LogP contribution in [-0.4, -0.2) is 77.1 Å². The molecule has 13 nitrogen and oxygen atoms in total. The number of ether oxygens (including phenoxy) is 2. The number of sulfonamides is 1. The Hall–Kier alpha value is -5.75. The number of nitrogens with zero attached hydrogens (tertiary/aromatic N) is 4. The lowest BCUT2D eigenvalue weighted by molar-refractivity contribution is -0.141. The highest BCUT2D eigenvalue weighted by Crippen LogP contribution is 2.46. The van der Waals surface area contributed by atoms with Crippen molar-refractivity contribution in [3.05, 3.63) is 91.1 Å². The smallest absolute Gasteiger partial charge is 0.435 e. The van der Waals surface area contributed by atoms with E-state index in [1.54, 1.807) is 19.2 Å². The fraction of sp³-hybridized carbons (Fsp3) is 0.357. The Morgan fingerprint density at radius 2 is 1.78 bits per heavy atom. The van der Waals surface area contributed by atoms with Crippen LogP contribution in [0.2, 0.25) is 0 Å². The molecule has 4 unspecified atom stereocenters. The molecule has 7 rings (SSSR count). The summed E-state index contributed by atoms with van der Waals surface area (Å²) in [5.74, 6) is -1.57. The lowest BCUT2D eigenvalue weighted by atomic mass is 9.91. The molecular formula is C42H43F3N6O7S2. The third-order valence-corrected chi connectivity index (χ3v) is 13.4. The first-order valence-electron chi connectivity index (χ1n) is 18.9. The van der Waals surface area contributed by atoms with Crippen molar-refractivity contribution in [2.45, 2.75) is 68.1 Å². The van der Waals surface area contributed by atoms with Crippen LogP contribution in [0.25, 0.3) is 32.7 Å². The van der Waals surface area contributed by atoms with Gasteiger partial charge >= 0.3 is 6.18 Å². The van der Waals surface area contributed by atoms with Crippen molar-refractivity contribution in [3.8, 4) is 33.3 Å². The minimum absolute atomic E-state index is 0.0242. The normalized spacial score (nSPS) is 20.5. The molecule has 18 heteroatoms. The molecule has 1 saturated carbocycles. The standard InChI is InChI=1S/C42H43F3N6O7S2/c1-7-25-21-41(25,39(54)49-60(55,56)37-16-15-34(59-37)31-20-35(42(43,44)45)48-50(31)5)47-38(53)32-18-27(23-51(32)36(52)22-40(2,3)4)58-33-19-29(24-11-9-8-10-12-24)46-30-17-26(57-6)13-14-28(30)33/h7-17,19-20,25,27,32H,1,18,21-23H2,2-6H3,(H,47,53)(H,49,54). The zero-order valence-corrected chi connectivity index (χ0v) is 35.0. The number of aryl methyl sites for hydroxylation is 1. The molecule has 1 aliphatic heterocycles. The highest BCUT2D eigenvalue weighted by molar-refractivity contribution is 7.92. The number of rotatable bonds is 12. The van der Waals surface area contributed by atoms with E-state index in [0.717, 1.165) is 16.3 Å². The molecule has 0 spiro atoms. The van der Waals surface area contributed by atoms with Crippen LogP contribution >= 0.6 is 11.3 Å². The average Bonchev–Trinajstić information content (AvgIpc) is 3.55. The summed E-state index contributed by atoms with van der Waals surface area (Å²) < 4.78 is 81.7. The molecule has 0 bridgehead atoms. The molecule has 316 valence electrons. The number of amides is 3. The number of nitrogens with one attached hydrogen (secondary N) is 2. The lowest BCUT2D eigenvalue weighted by Crippen LogP contribution is -2.56. The van der Waals surface area contributed by atoms with Gasteiger partial charge in [-0.2, -0.15) is 18.3 Å². The molecular weight excluding hydrogens is 822 g/mol. The van der Waals surface area contributed by atoms with Crippen LogP contribution in [0.15, 0.2) is 89.7 Å². The van der Waals surface area contributed by atoms with E-state index in [4.69, 9.17) is 14.5 Å². The van der Waals surface area contributed by atoms with Crippen molar-refractivity contribution in [1.29, 1.82) is 0 Å². The highest BCUT2D eigenvalue weighted by Gasteiger charge is 2.61. The number of alkyl halides is 3. The minimum Gasteiger partial charge on any atom is -0.497 e. The van der Waals surface area contributed by atoms with Crippen molar-refractivity contribution in [2.24, 2.45) is 18.4 Å². The number of pyridine rings is 1. The van der Waals surface area contributed by atoms with Crippen molar-refractivity contribution in [1.82, 2.24) is 29.7 Å². The van der Waals surface area contributed by atoms with Gasteiger partial charge in [0.2, 0.25) is 11.8 Å². The van der Waals surface area contributed by atoms with Gasteiger partial charge in [-0.25, -0.2) is 18.1 Å². The molecule has 1 saturated heterocycles. The van der Waals surface area contributed by atoms with Crippen molar-refractivity contribution >= 4 is 50.0 Å². The third kappa shape index (κ3) is 8.61. The Bertz CT molecular complexity index is 2600. The fourth-order valence-corrected chi connectivity index (χ4v) is 9.73. The predicted molar refractivity (Wildman–Crippen MR) is 218 cm³/mol. The summed E-state index contributed by atoms with van der Waals surface area (Å²) in [6.45, 7) is 9.52. The maximum atomic E-state index is 14.3. The van der Waals surface area contributed by atoms with Gasteiger partial charge in [0.25, 0.3) is 15.9 Å². The monoisotopic (exact) mass is 864 g/mol. The number of benzene rings is 2. The SMILES string of the molecule is C=CC1CC1(NC(=O)C1CC(Oc2cc(-c3ccccc3)nc3cc(OC)ccc23)CN1C(=O)CC(C)(C)C)C(=O)NS(=O)(=O)c1ccc(-c2cc(C(F)(F)F)nn2C)s1. The lowest BCUT2D eigenvalue weighted by Gasteiger charge is -2.28. The van der Waals surface area contributed by atoms with Gasteiger partial charge < -0.3 is 19.7 Å². The van der Waals surface area contributed by atoms with Crippen molar-refractivity contribution in [3.63, 3.8) is 0 Å². The number of thiophene rings is 1. The second-order valence-electron chi connectivity index (χ2n) is 16.1. The van der Waals surface area contributed by atoms with Gasteiger partial charge in [0.05, 0.1) is 35.4 Å². The molecule has 3 aromatic heterocycles. The van der Waals surface area contributed by atoms with Gasteiger partial charge in [-0.05, 0) is 42.2 Å². The van der Waals surface area contributed by atoms with E-state index in [-0.39, 0.29) is 46.5 Å². The number of carbonyl (C=O) groups is 3. The number of fused-ring (bicyclic) bond motifs is 1. The van der Waals surface area contributed by atoms with E-state index < -0.39 is 62.7 Å². The first-order chi connectivity index (χ1) is 28.2. The highest BCUT2D eigenvalue weighted by atomic mass is 32.2. The Morgan fingerprint density at radius 1 is 1.05 bits per heavy atom. The van der Waals surface area contributed by atoms with E-state index in [1.807, 2.05) is 63.2 Å². The summed E-state index contributed by atoms with van der Waals surface area (Å²) in [6, 6.07) is 18.9. The van der Waals surface area contributed by atoms with E-state index in [2.05, 4.69) is 21.7 Å². The second kappa shape index (κ2) is 15.7. The summed E-state index contributed by atoms with van der Waals surface area (Å²) in [5.41, 5.74) is -1.17. The Kier molecular flexibility index (Phi) is 11.1. The molecule has 3 amide bonds. The van der Waals surface area contributed by atoms with Crippen LogP contribution in [0, 0.1) is 11.3 Å². The maximum Gasteiger partial charge on any atom is 0.435 e. The third-order valence-electron chi connectivity index (χ3n) is 10.5. The maximum absolute atomic E-state index is 14.3. The molecule has 2 aromatic carbocycles. The minimum atomic E-state index is -4.71. The van der Waals surface area contributed by atoms with Crippen LogP contribution < -0.4 is 19.5 Å². The Morgan fingerprint density at radius 3 is 2.42 bits per heavy atom. The molecule has 0 radical (unpaired) electrons. The Balaban J connectivity index is 1.13. The molecule has 2 fully saturated rings. The summed E-state index contributed by atoms with van der Waals surface area (Å²) in [7, 11) is -1.70. The van der Waals surface area contributed by atoms with E-state index in [9.17, 15) is 36.0 Å². The Labute approximate surface area is 348 Å². The number of likely N-dealkylation sites (tertiary alicyclic amines) is 1. The number of carbonyl (C=O) groups excluding carboxylic acids is 3. The quantitative estimate of drug-likeness (QED) is 0.130. The summed E-state index contributed by atoms with van der Waals surface area (Å²) in [6.07, 6.45) is -3.74. The molecule has 1 aliphatic carbocycles. The number of hydrogen-bond donors (Lipinski definition) is 2. The van der Waals surface area contributed by atoms with Crippen LogP contribution in [0.4, 0.5) is 13.2 Å². The summed E-state index contributed by atoms with van der Waals surface area (Å²) in [5, 5.41) is 6.93. The zero-order valence-electron chi connectivity index (χ0n) is 33.4. The van der Waals surface area contributed by atoms with Gasteiger partial charge in [-0.1, -0.05) is 57.2 Å². The number of methoxy groups -OCH3 is 1. The van der Waals surface area contributed by atoms with Gasteiger partial charge in [-0.15, -0.1) is 17.9 Å². The number of hydrogen-bond acceptors (Lipinski definition) is 10. The van der Waals surface area contributed by atoms with Crippen LogP contribution in [0.5, 0.6) is 11.5 Å². The van der Waals surface area contributed by atoms with Gasteiger partial charge in [0.15, 0.2) is 5.69 Å². The summed E-state index contributed by atoms with van der Waals surface area (Å²) in [4.78, 5) is 48.6. The van der Waals surface area contributed by atoms with Gasteiger partial charge in [0.1, 0.15) is 33.4 Å². The average molecular weight is 865 g/mol. The van der Waals surface area contributed by atoms with Crippen LogP contribution in [-0.2, 0) is 37.6 Å². The molecule has 60 heavy (non-hydrogen) atoms. The molecule has 4 atom stereocenters. The number of aromatic nitrogens is 3. The topological polar surface area (TPSA) is 162 Å². The molecule has 2 N–H and O–H groups in total. The zero-order chi connectivity index (χ0) is 43.4. The molecule has 5 aromatic rings. The van der Waals surface area contributed by atoms with Crippen molar-refractivity contribution < 1.29 is 45.4 Å². The largest absolute Gasteiger partial charge is 0.497 e. The second-order valence-corrected chi connectivity index (χ2v) is 19.1. The molecule has 2 aliphatic rings. The fourth-order valence-electron chi connectivity index (χ4n) is 7.34. The van der Waals surface area contributed by atoms with Crippen molar-refractivity contribution in [2.75, 3.05) is 13.7 Å². The van der Waals surface area contributed by atoms with Crippen LogP contribution in [0.3, 0.4) is 0 Å². The van der Waals surface area contributed by atoms with Gasteiger partial charge in [0, 0.05) is 48.9 Å². The van der Waals surface area contributed by atoms with Crippen LogP contribution in [0.1, 0.15) is 45.7 Å². The summed E-state index contributed by atoms with van der Waals surface area (Å²) >= 11 is 0.649. The van der Waals surface area contributed by atoms with E-state index in [0.29, 0.717) is 39.4 Å². The molecule has 4 heterocycles. The first kappa shape index (κ1) is 42.4. The van der Waals surface area contributed by atoms with E-state index in [1.165, 1.54) is 30.2 Å². The van der Waals surface area contributed by atoms with Gasteiger partial charge in [-0.3, -0.25) is 19.1 Å². The predicted octanol–water partition coefficient (Wildman–Crippen LogP) is 6.74. The van der Waals surface area contributed by atoms with E-state index >= 15 is 0 Å². The number of halogens is 3.